The molecule has 0 aliphatic heterocycles. The van der Waals surface area contributed by atoms with E-state index in [-0.39, 0.29) is 22.7 Å². The number of ether oxygens (including phenoxy) is 1. The molecule has 24 heavy (non-hydrogen) atoms. The zero-order chi connectivity index (χ0) is 18.0. The van der Waals surface area contributed by atoms with Crippen LogP contribution in [0.25, 0.3) is 10.9 Å². The van der Waals surface area contributed by atoms with Gasteiger partial charge in [0, 0.05) is 23.5 Å². The largest absolute Gasteiger partial charge is 0.490 e. The Morgan fingerprint density at radius 3 is 2.54 bits per heavy atom. The summed E-state index contributed by atoms with van der Waals surface area (Å²) in [5.41, 5.74) is 0.539. The summed E-state index contributed by atoms with van der Waals surface area (Å²) in [5.74, 6) is -0.578. The average Bonchev–Trinajstić information content (AvgIpc) is 2.49. The first-order chi connectivity index (χ1) is 11.3. The van der Waals surface area contributed by atoms with E-state index in [0.717, 1.165) is 6.54 Å². The first kappa shape index (κ1) is 18.0. The zero-order valence-electron chi connectivity index (χ0n) is 14.8. The molecule has 1 heterocycles. The van der Waals surface area contributed by atoms with Crippen molar-refractivity contribution in [3.05, 3.63) is 39.7 Å². The Kier molecular flexibility index (Phi) is 5.29. The van der Waals surface area contributed by atoms with Crippen molar-refractivity contribution >= 4 is 16.9 Å². The molecular weight excluding hydrogens is 308 g/mol. The van der Waals surface area contributed by atoms with Crippen molar-refractivity contribution in [2.24, 2.45) is 0 Å². The first-order valence-electron chi connectivity index (χ1n) is 7.94. The summed E-state index contributed by atoms with van der Waals surface area (Å²) in [7, 11) is 3.89. The average molecular weight is 332 g/mol. The molecule has 0 saturated carbocycles. The molecule has 0 aliphatic carbocycles. The number of aromatic carboxylic acids is 1. The molecule has 1 aromatic carbocycles. The van der Waals surface area contributed by atoms with Crippen LogP contribution in [0.5, 0.6) is 5.75 Å². The third kappa shape index (κ3) is 3.28. The van der Waals surface area contributed by atoms with Crippen LogP contribution in [0.4, 0.5) is 0 Å². The smallest absolute Gasteiger partial charge is 0.352 e. The van der Waals surface area contributed by atoms with Gasteiger partial charge in [0.05, 0.1) is 5.52 Å². The number of para-hydroxylation sites is 1. The molecule has 0 atom stereocenters. The molecule has 6 nitrogen and oxygen atoms in total. The molecule has 0 spiro atoms. The van der Waals surface area contributed by atoms with Crippen molar-refractivity contribution in [2.45, 2.75) is 26.8 Å². The SMILES string of the molecule is Cc1c(C(=O)O)n(C(C)C)c2c(OCCN(C)C)cccc2c1=O. The van der Waals surface area contributed by atoms with E-state index in [1.54, 1.807) is 29.7 Å². The molecule has 0 amide bonds. The lowest BCUT2D eigenvalue weighted by Crippen LogP contribution is -2.24. The van der Waals surface area contributed by atoms with Crippen LogP contribution in [0.2, 0.25) is 0 Å². The van der Waals surface area contributed by atoms with Gasteiger partial charge in [0.1, 0.15) is 18.1 Å². The molecule has 6 heteroatoms. The lowest BCUT2D eigenvalue weighted by molar-refractivity contribution is 0.0682. The topological polar surface area (TPSA) is 71.8 Å². The number of hydrogen-bond acceptors (Lipinski definition) is 4. The molecule has 0 bridgehead atoms. The highest BCUT2D eigenvalue weighted by Crippen LogP contribution is 2.29. The second-order valence-corrected chi connectivity index (χ2v) is 6.38. The molecule has 0 saturated heterocycles. The van der Waals surface area contributed by atoms with Crippen LogP contribution in [0.1, 0.15) is 35.9 Å². The zero-order valence-corrected chi connectivity index (χ0v) is 14.8. The lowest BCUT2D eigenvalue weighted by Gasteiger charge is -2.22. The number of fused-ring (bicyclic) bond motifs is 1. The number of hydrogen-bond donors (Lipinski definition) is 1. The first-order valence-corrected chi connectivity index (χ1v) is 7.94. The Bertz CT molecular complexity index is 822. The van der Waals surface area contributed by atoms with Crippen molar-refractivity contribution < 1.29 is 14.6 Å². The number of rotatable bonds is 6. The summed E-state index contributed by atoms with van der Waals surface area (Å²) in [6, 6.07) is 5.13. The van der Waals surface area contributed by atoms with Crippen molar-refractivity contribution in [2.75, 3.05) is 27.2 Å². The van der Waals surface area contributed by atoms with E-state index < -0.39 is 5.97 Å². The van der Waals surface area contributed by atoms with Crippen molar-refractivity contribution in [3.8, 4) is 5.75 Å². The van der Waals surface area contributed by atoms with E-state index in [2.05, 4.69) is 0 Å². The number of carbonyl (C=O) groups is 1. The van der Waals surface area contributed by atoms with Gasteiger partial charge in [-0.15, -0.1) is 0 Å². The number of pyridine rings is 1. The molecule has 130 valence electrons. The van der Waals surface area contributed by atoms with Gasteiger partial charge in [-0.1, -0.05) is 6.07 Å². The molecule has 2 aromatic rings. The Hall–Kier alpha value is -2.34. The fourth-order valence-electron chi connectivity index (χ4n) is 2.79. The minimum absolute atomic E-state index is 0.0196. The standard InChI is InChI=1S/C18H24N2O4/c1-11(2)20-15(18(22)23)12(3)17(21)13-7-6-8-14(16(13)20)24-10-9-19(4)5/h6-8,11H,9-10H2,1-5H3,(H,22,23). The number of carboxylic acid groups (broad SMARTS) is 1. The minimum atomic E-state index is -1.11. The summed E-state index contributed by atoms with van der Waals surface area (Å²) in [6.07, 6.45) is 0. The van der Waals surface area contributed by atoms with E-state index in [0.29, 0.717) is 23.3 Å². The number of nitrogens with zero attached hydrogens (tertiary/aromatic N) is 2. The molecule has 1 aromatic heterocycles. The Balaban J connectivity index is 2.78. The molecule has 2 rings (SSSR count). The van der Waals surface area contributed by atoms with Gasteiger partial charge in [-0.3, -0.25) is 4.79 Å². The van der Waals surface area contributed by atoms with E-state index in [4.69, 9.17) is 4.74 Å². The predicted octanol–water partition coefficient (Wildman–Crippen LogP) is 2.53. The van der Waals surface area contributed by atoms with Crippen LogP contribution >= 0.6 is 0 Å². The normalized spacial score (nSPS) is 11.5. The van der Waals surface area contributed by atoms with Gasteiger partial charge in [-0.05, 0) is 47.0 Å². The van der Waals surface area contributed by atoms with Crippen molar-refractivity contribution in [1.82, 2.24) is 9.47 Å². The van der Waals surface area contributed by atoms with Crippen LogP contribution in [-0.2, 0) is 0 Å². The summed E-state index contributed by atoms with van der Waals surface area (Å²) in [5, 5.41) is 10.1. The van der Waals surface area contributed by atoms with Gasteiger partial charge in [0.2, 0.25) is 0 Å². The molecule has 0 radical (unpaired) electrons. The van der Waals surface area contributed by atoms with Crippen LogP contribution in [0.3, 0.4) is 0 Å². The highest BCUT2D eigenvalue weighted by Gasteiger charge is 2.23. The predicted molar refractivity (Wildman–Crippen MR) is 94.3 cm³/mol. The van der Waals surface area contributed by atoms with Crippen molar-refractivity contribution in [1.29, 1.82) is 0 Å². The molecular formula is C18H24N2O4. The van der Waals surface area contributed by atoms with Gasteiger partial charge in [-0.2, -0.15) is 0 Å². The van der Waals surface area contributed by atoms with Crippen LogP contribution in [-0.4, -0.2) is 47.8 Å². The van der Waals surface area contributed by atoms with Gasteiger partial charge in [-0.25, -0.2) is 4.79 Å². The molecule has 0 aliphatic rings. The van der Waals surface area contributed by atoms with E-state index in [1.165, 1.54) is 0 Å². The molecule has 1 N–H and O–H groups in total. The Morgan fingerprint density at radius 2 is 2.00 bits per heavy atom. The van der Waals surface area contributed by atoms with E-state index >= 15 is 0 Å². The summed E-state index contributed by atoms with van der Waals surface area (Å²) >= 11 is 0. The van der Waals surface area contributed by atoms with Crippen LogP contribution < -0.4 is 10.2 Å². The van der Waals surface area contributed by atoms with Crippen LogP contribution in [0, 0.1) is 6.92 Å². The molecule has 0 unspecified atom stereocenters. The van der Waals surface area contributed by atoms with E-state index in [9.17, 15) is 14.7 Å². The van der Waals surface area contributed by atoms with E-state index in [1.807, 2.05) is 32.8 Å². The van der Waals surface area contributed by atoms with Gasteiger partial charge >= 0.3 is 5.97 Å². The molecule has 0 fully saturated rings. The van der Waals surface area contributed by atoms with Gasteiger partial charge in [0.15, 0.2) is 5.43 Å². The number of likely N-dealkylation sites (N-methyl/N-ethyl adjacent to an activating group) is 1. The second kappa shape index (κ2) is 7.05. The van der Waals surface area contributed by atoms with Gasteiger partial charge in [0.25, 0.3) is 0 Å². The number of carboxylic acids is 1. The Morgan fingerprint density at radius 1 is 1.33 bits per heavy atom. The lowest BCUT2D eigenvalue weighted by atomic mass is 10.1. The summed E-state index contributed by atoms with van der Waals surface area (Å²) < 4.78 is 7.54. The monoisotopic (exact) mass is 332 g/mol. The second-order valence-electron chi connectivity index (χ2n) is 6.38. The van der Waals surface area contributed by atoms with Crippen LogP contribution in [0.15, 0.2) is 23.0 Å². The third-order valence-corrected chi connectivity index (χ3v) is 3.94. The van der Waals surface area contributed by atoms with Gasteiger partial charge < -0.3 is 19.3 Å². The summed E-state index contributed by atoms with van der Waals surface area (Å²) in [4.78, 5) is 26.4. The fourth-order valence-corrected chi connectivity index (χ4v) is 2.79. The highest BCUT2D eigenvalue weighted by molar-refractivity contribution is 5.94. The minimum Gasteiger partial charge on any atom is -0.490 e. The maximum Gasteiger partial charge on any atom is 0.352 e. The third-order valence-electron chi connectivity index (χ3n) is 3.94. The summed E-state index contributed by atoms with van der Waals surface area (Å²) in [6.45, 7) is 6.52. The maximum atomic E-state index is 12.6. The van der Waals surface area contributed by atoms with Crippen molar-refractivity contribution in [3.63, 3.8) is 0 Å². The number of aromatic nitrogens is 1. The fraction of sp³-hybridized carbons (Fsp3) is 0.444. The highest BCUT2D eigenvalue weighted by atomic mass is 16.5. The maximum absolute atomic E-state index is 12.6. The number of benzene rings is 1. The quantitative estimate of drug-likeness (QED) is 0.880. The Labute approximate surface area is 141 Å².